The second kappa shape index (κ2) is 5.94. The number of nitrogens with two attached hydrogens (primary N) is 1. The summed E-state index contributed by atoms with van der Waals surface area (Å²) in [6, 6.07) is 9.12. The van der Waals surface area contributed by atoms with Crippen molar-refractivity contribution in [2.75, 3.05) is 6.54 Å². The van der Waals surface area contributed by atoms with Crippen molar-refractivity contribution in [3.8, 4) is 0 Å². The molecule has 1 atom stereocenters. The predicted octanol–water partition coefficient (Wildman–Crippen LogP) is 1.82. The van der Waals surface area contributed by atoms with Crippen LogP contribution in [0.3, 0.4) is 0 Å². The first-order valence-corrected chi connectivity index (χ1v) is 6.92. The highest BCUT2D eigenvalue weighted by atomic mass is 16.4. The number of carbonyl (C=O) groups is 1. The van der Waals surface area contributed by atoms with Gasteiger partial charge in [0.15, 0.2) is 5.84 Å². The summed E-state index contributed by atoms with van der Waals surface area (Å²) in [5.74, 6) is -1.05. The van der Waals surface area contributed by atoms with E-state index in [1.165, 1.54) is 0 Å². The fourth-order valence-electron chi connectivity index (χ4n) is 2.37. The van der Waals surface area contributed by atoms with Crippen LogP contribution in [0.15, 0.2) is 35.5 Å². The second-order valence-electron chi connectivity index (χ2n) is 5.44. The number of amides is 1. The first kappa shape index (κ1) is 14.4. The van der Waals surface area contributed by atoms with E-state index in [0.29, 0.717) is 6.54 Å². The van der Waals surface area contributed by atoms with Crippen molar-refractivity contribution < 1.29 is 10.0 Å². The molecule has 1 amide bonds. The van der Waals surface area contributed by atoms with Gasteiger partial charge in [0.25, 0.3) is 0 Å². The third kappa shape index (κ3) is 3.10. The standard InChI is InChI=1S/C15H21N3O2/c1-2-15(8-9-15)10-17-14(19)12(13(16)18-20)11-6-4-3-5-7-11/h3-7,12,20H,2,8-10H2,1H3,(H2,16,18)(H,17,19). The van der Waals surface area contributed by atoms with Gasteiger partial charge < -0.3 is 16.3 Å². The molecule has 5 heteroatoms. The van der Waals surface area contributed by atoms with Gasteiger partial charge in [0.1, 0.15) is 5.92 Å². The third-order valence-corrected chi connectivity index (χ3v) is 4.15. The Balaban J connectivity index is 2.09. The Morgan fingerprint density at radius 2 is 2.10 bits per heavy atom. The summed E-state index contributed by atoms with van der Waals surface area (Å²) in [7, 11) is 0. The maximum absolute atomic E-state index is 12.4. The normalized spacial score (nSPS) is 18.4. The molecule has 1 aliphatic rings. The first-order valence-electron chi connectivity index (χ1n) is 6.92. The number of benzene rings is 1. The van der Waals surface area contributed by atoms with E-state index in [9.17, 15) is 4.79 Å². The van der Waals surface area contributed by atoms with Gasteiger partial charge in [-0.25, -0.2) is 0 Å². The minimum Gasteiger partial charge on any atom is -0.409 e. The fraction of sp³-hybridized carbons (Fsp3) is 0.467. The summed E-state index contributed by atoms with van der Waals surface area (Å²) < 4.78 is 0. The van der Waals surface area contributed by atoms with Crippen LogP contribution in [0.5, 0.6) is 0 Å². The maximum Gasteiger partial charge on any atom is 0.235 e. The molecule has 5 nitrogen and oxygen atoms in total. The van der Waals surface area contributed by atoms with E-state index >= 15 is 0 Å². The summed E-state index contributed by atoms with van der Waals surface area (Å²) in [5.41, 5.74) is 6.67. The van der Waals surface area contributed by atoms with Gasteiger partial charge in [-0.1, -0.05) is 42.4 Å². The van der Waals surface area contributed by atoms with Crippen LogP contribution < -0.4 is 11.1 Å². The van der Waals surface area contributed by atoms with E-state index in [0.717, 1.165) is 24.8 Å². The molecule has 1 fully saturated rings. The van der Waals surface area contributed by atoms with Crippen LogP contribution >= 0.6 is 0 Å². The van der Waals surface area contributed by atoms with Gasteiger partial charge in [-0.05, 0) is 30.2 Å². The SMILES string of the molecule is CCC1(CNC(=O)C(/C(N)=N/O)c2ccccc2)CC1. The van der Waals surface area contributed by atoms with Crippen molar-refractivity contribution in [3.05, 3.63) is 35.9 Å². The van der Waals surface area contributed by atoms with Gasteiger partial charge in [-0.15, -0.1) is 0 Å². The van der Waals surface area contributed by atoms with Crippen LogP contribution in [0.2, 0.25) is 0 Å². The van der Waals surface area contributed by atoms with Gasteiger partial charge in [0.2, 0.25) is 5.91 Å². The lowest BCUT2D eigenvalue weighted by molar-refractivity contribution is -0.121. The van der Waals surface area contributed by atoms with E-state index in [2.05, 4.69) is 17.4 Å². The molecular formula is C15H21N3O2. The minimum atomic E-state index is -0.742. The largest absolute Gasteiger partial charge is 0.409 e. The Hall–Kier alpha value is -2.04. The Labute approximate surface area is 118 Å². The van der Waals surface area contributed by atoms with E-state index in [1.54, 1.807) is 12.1 Å². The highest BCUT2D eigenvalue weighted by Crippen LogP contribution is 2.47. The number of nitrogens with one attached hydrogen (secondary N) is 1. The molecule has 0 radical (unpaired) electrons. The highest BCUT2D eigenvalue weighted by molar-refractivity contribution is 6.07. The summed E-state index contributed by atoms with van der Waals surface area (Å²) >= 11 is 0. The van der Waals surface area contributed by atoms with Crippen LogP contribution in [0.4, 0.5) is 0 Å². The average molecular weight is 275 g/mol. The number of hydrogen-bond acceptors (Lipinski definition) is 3. The molecule has 1 saturated carbocycles. The van der Waals surface area contributed by atoms with Crippen LogP contribution in [0.1, 0.15) is 37.7 Å². The van der Waals surface area contributed by atoms with Crippen LogP contribution in [0.25, 0.3) is 0 Å². The molecule has 0 heterocycles. The Morgan fingerprint density at radius 3 is 2.60 bits per heavy atom. The maximum atomic E-state index is 12.4. The number of amidine groups is 1. The lowest BCUT2D eigenvalue weighted by Crippen LogP contribution is -2.39. The lowest BCUT2D eigenvalue weighted by atomic mass is 9.96. The Bertz CT molecular complexity index is 495. The van der Waals surface area contributed by atoms with Crippen LogP contribution in [-0.4, -0.2) is 23.5 Å². The van der Waals surface area contributed by atoms with Gasteiger partial charge in [-0.3, -0.25) is 4.79 Å². The summed E-state index contributed by atoms with van der Waals surface area (Å²) in [6.45, 7) is 2.79. The molecule has 1 aliphatic carbocycles. The second-order valence-corrected chi connectivity index (χ2v) is 5.44. The van der Waals surface area contributed by atoms with E-state index in [4.69, 9.17) is 10.9 Å². The lowest BCUT2D eigenvalue weighted by Gasteiger charge is -2.19. The number of rotatable bonds is 6. The molecule has 4 N–H and O–H groups in total. The van der Waals surface area contributed by atoms with Crippen molar-refractivity contribution in [1.82, 2.24) is 5.32 Å². The van der Waals surface area contributed by atoms with Gasteiger partial charge in [-0.2, -0.15) is 0 Å². The molecule has 0 saturated heterocycles. The molecule has 108 valence electrons. The third-order valence-electron chi connectivity index (χ3n) is 4.15. The Morgan fingerprint density at radius 1 is 1.45 bits per heavy atom. The van der Waals surface area contributed by atoms with Crippen molar-refractivity contribution in [2.24, 2.45) is 16.3 Å². The molecule has 1 aromatic carbocycles. The van der Waals surface area contributed by atoms with E-state index in [1.807, 2.05) is 18.2 Å². The zero-order valence-corrected chi connectivity index (χ0v) is 11.7. The molecule has 20 heavy (non-hydrogen) atoms. The zero-order valence-electron chi connectivity index (χ0n) is 11.7. The number of nitrogens with zero attached hydrogens (tertiary/aromatic N) is 1. The monoisotopic (exact) mass is 275 g/mol. The molecule has 1 aromatic rings. The van der Waals surface area contributed by atoms with Crippen molar-refractivity contribution in [2.45, 2.75) is 32.1 Å². The number of carbonyl (C=O) groups excluding carboxylic acids is 1. The summed E-state index contributed by atoms with van der Waals surface area (Å²) in [5, 5.41) is 14.8. The van der Waals surface area contributed by atoms with Gasteiger partial charge >= 0.3 is 0 Å². The van der Waals surface area contributed by atoms with Gasteiger partial charge in [0, 0.05) is 6.54 Å². The van der Waals surface area contributed by atoms with Crippen LogP contribution in [0, 0.1) is 5.41 Å². The average Bonchev–Trinajstić information content (AvgIpc) is 3.27. The predicted molar refractivity (Wildman–Crippen MR) is 77.6 cm³/mol. The van der Waals surface area contributed by atoms with Crippen LogP contribution in [-0.2, 0) is 4.79 Å². The Kier molecular flexibility index (Phi) is 4.27. The van der Waals surface area contributed by atoms with Crippen molar-refractivity contribution in [3.63, 3.8) is 0 Å². The summed E-state index contributed by atoms with van der Waals surface area (Å²) in [4.78, 5) is 12.4. The summed E-state index contributed by atoms with van der Waals surface area (Å²) in [6.07, 6.45) is 3.37. The molecular weight excluding hydrogens is 254 g/mol. The molecule has 0 aliphatic heterocycles. The molecule has 0 aromatic heterocycles. The fourth-order valence-corrected chi connectivity index (χ4v) is 2.37. The van der Waals surface area contributed by atoms with E-state index in [-0.39, 0.29) is 17.2 Å². The quantitative estimate of drug-likeness (QED) is 0.320. The first-order chi connectivity index (χ1) is 9.62. The minimum absolute atomic E-state index is 0.0879. The van der Waals surface area contributed by atoms with Gasteiger partial charge in [0.05, 0.1) is 0 Å². The van der Waals surface area contributed by atoms with E-state index < -0.39 is 5.92 Å². The number of hydrogen-bond donors (Lipinski definition) is 3. The molecule has 1 unspecified atom stereocenters. The molecule has 0 spiro atoms. The van der Waals surface area contributed by atoms with Crippen molar-refractivity contribution >= 4 is 11.7 Å². The highest BCUT2D eigenvalue weighted by Gasteiger charge is 2.41. The number of oxime groups is 1. The van der Waals surface area contributed by atoms with Crippen molar-refractivity contribution in [1.29, 1.82) is 0 Å². The molecule has 2 rings (SSSR count). The molecule has 0 bridgehead atoms. The smallest absolute Gasteiger partial charge is 0.235 e. The topological polar surface area (TPSA) is 87.7 Å². The zero-order chi connectivity index (χ0) is 14.6.